The molecule has 2 heterocycles. The molecular weight excluding hydrogens is 412 g/mol. The van der Waals surface area contributed by atoms with Crippen molar-refractivity contribution in [3.8, 4) is 23.0 Å². The van der Waals surface area contributed by atoms with E-state index in [9.17, 15) is 40.9 Å². The maximum absolute atomic E-state index is 10.6. The molecule has 0 spiro atoms. The van der Waals surface area contributed by atoms with Crippen molar-refractivity contribution in [3.63, 3.8) is 0 Å². The summed E-state index contributed by atoms with van der Waals surface area (Å²) in [5, 5.41) is 81.1. The SMILES string of the molecule is OC[C@H]1O[C@@H](c2c(O)cc(O)c3c2OC(c2ccc(O)cc2)=C[C@H]3O)C(O)[C@@H](O)[C@@H]1O. The van der Waals surface area contributed by atoms with Crippen LogP contribution in [0.1, 0.15) is 28.9 Å². The molecule has 4 rings (SSSR count). The predicted octanol–water partition coefficient (Wildman–Crippen LogP) is -0.215. The van der Waals surface area contributed by atoms with Gasteiger partial charge in [0, 0.05) is 11.6 Å². The number of aliphatic hydroxyl groups is 5. The van der Waals surface area contributed by atoms with E-state index in [1.54, 1.807) is 0 Å². The van der Waals surface area contributed by atoms with Gasteiger partial charge in [-0.15, -0.1) is 0 Å². The molecule has 2 aliphatic rings. The van der Waals surface area contributed by atoms with E-state index in [1.807, 2.05) is 0 Å². The molecule has 166 valence electrons. The number of hydrogen-bond acceptors (Lipinski definition) is 10. The van der Waals surface area contributed by atoms with Gasteiger partial charge < -0.3 is 50.3 Å². The molecule has 1 saturated heterocycles. The highest BCUT2D eigenvalue weighted by Gasteiger charge is 2.47. The van der Waals surface area contributed by atoms with E-state index < -0.39 is 54.7 Å². The number of rotatable bonds is 3. The maximum Gasteiger partial charge on any atom is 0.146 e. The largest absolute Gasteiger partial charge is 0.508 e. The first kappa shape index (κ1) is 21.4. The molecule has 6 atom stereocenters. The van der Waals surface area contributed by atoms with Crippen LogP contribution < -0.4 is 4.74 Å². The highest BCUT2D eigenvalue weighted by atomic mass is 16.5. The van der Waals surface area contributed by atoms with Gasteiger partial charge in [-0.05, 0) is 30.3 Å². The Morgan fingerprint density at radius 2 is 1.45 bits per heavy atom. The van der Waals surface area contributed by atoms with E-state index >= 15 is 0 Å². The zero-order valence-electron chi connectivity index (χ0n) is 16.0. The van der Waals surface area contributed by atoms with Gasteiger partial charge in [-0.3, -0.25) is 0 Å². The highest BCUT2D eigenvalue weighted by molar-refractivity contribution is 5.71. The summed E-state index contributed by atoms with van der Waals surface area (Å²) in [7, 11) is 0. The minimum atomic E-state index is -1.72. The Hall–Kier alpha value is -2.86. The minimum absolute atomic E-state index is 0.0124. The van der Waals surface area contributed by atoms with Gasteiger partial charge in [-0.25, -0.2) is 0 Å². The normalized spacial score (nSPS) is 30.3. The van der Waals surface area contributed by atoms with Crippen LogP contribution in [0, 0.1) is 0 Å². The van der Waals surface area contributed by atoms with Gasteiger partial charge in [-0.1, -0.05) is 0 Å². The summed E-state index contributed by atoms with van der Waals surface area (Å²) in [6, 6.07) is 6.78. The van der Waals surface area contributed by atoms with Crippen LogP contribution in [0.4, 0.5) is 0 Å². The third kappa shape index (κ3) is 3.59. The molecule has 0 aliphatic carbocycles. The quantitative estimate of drug-likeness (QED) is 0.322. The Kier molecular flexibility index (Phi) is 5.52. The summed E-state index contributed by atoms with van der Waals surface area (Å²) in [4.78, 5) is 0. The zero-order chi connectivity index (χ0) is 22.4. The van der Waals surface area contributed by atoms with Gasteiger partial charge in [0.05, 0.1) is 17.7 Å². The van der Waals surface area contributed by atoms with Gasteiger partial charge >= 0.3 is 0 Å². The van der Waals surface area contributed by atoms with Crippen LogP contribution in [0.3, 0.4) is 0 Å². The maximum atomic E-state index is 10.6. The first-order chi connectivity index (χ1) is 14.7. The summed E-state index contributed by atoms with van der Waals surface area (Å²) in [5.74, 6) is -1.09. The van der Waals surface area contributed by atoms with Crippen LogP contribution >= 0.6 is 0 Å². The van der Waals surface area contributed by atoms with Crippen LogP contribution in [0.5, 0.6) is 23.0 Å². The second-order valence-electron chi connectivity index (χ2n) is 7.45. The molecule has 2 aliphatic heterocycles. The molecular formula is C21H22O10. The number of fused-ring (bicyclic) bond motifs is 1. The van der Waals surface area contributed by atoms with Crippen molar-refractivity contribution in [3.05, 3.63) is 53.1 Å². The number of ether oxygens (including phenoxy) is 2. The molecule has 1 fully saturated rings. The molecule has 10 nitrogen and oxygen atoms in total. The van der Waals surface area contributed by atoms with E-state index in [1.165, 1.54) is 30.3 Å². The lowest BCUT2D eigenvalue weighted by molar-refractivity contribution is -0.232. The fourth-order valence-electron chi connectivity index (χ4n) is 3.83. The van der Waals surface area contributed by atoms with E-state index in [2.05, 4.69) is 0 Å². The van der Waals surface area contributed by atoms with Gasteiger partial charge in [0.2, 0.25) is 0 Å². The molecule has 0 radical (unpaired) electrons. The van der Waals surface area contributed by atoms with Crippen molar-refractivity contribution in [2.24, 2.45) is 0 Å². The number of aromatic hydroxyl groups is 3. The van der Waals surface area contributed by atoms with Crippen molar-refractivity contribution in [1.82, 2.24) is 0 Å². The van der Waals surface area contributed by atoms with Crippen LogP contribution in [0.15, 0.2) is 36.4 Å². The Morgan fingerprint density at radius 1 is 0.806 bits per heavy atom. The fourth-order valence-corrected chi connectivity index (χ4v) is 3.83. The number of benzene rings is 2. The van der Waals surface area contributed by atoms with E-state index in [4.69, 9.17) is 9.47 Å². The Bertz CT molecular complexity index is 1000. The summed E-state index contributed by atoms with van der Waals surface area (Å²) in [5.41, 5.74) is 0.172. The van der Waals surface area contributed by atoms with Crippen LogP contribution in [0.25, 0.3) is 5.76 Å². The third-order valence-corrected chi connectivity index (χ3v) is 5.46. The summed E-state index contributed by atoms with van der Waals surface area (Å²) >= 11 is 0. The third-order valence-electron chi connectivity index (χ3n) is 5.46. The van der Waals surface area contributed by atoms with E-state index in [0.717, 1.165) is 6.07 Å². The van der Waals surface area contributed by atoms with Crippen molar-refractivity contribution >= 4 is 5.76 Å². The van der Waals surface area contributed by atoms with Crippen molar-refractivity contribution in [2.75, 3.05) is 6.61 Å². The second-order valence-corrected chi connectivity index (χ2v) is 7.45. The Morgan fingerprint density at radius 3 is 2.10 bits per heavy atom. The molecule has 0 amide bonds. The van der Waals surface area contributed by atoms with Crippen molar-refractivity contribution < 1.29 is 50.3 Å². The number of hydrogen-bond donors (Lipinski definition) is 8. The average Bonchev–Trinajstić information content (AvgIpc) is 2.73. The lowest BCUT2D eigenvalue weighted by atomic mass is 9.88. The molecule has 31 heavy (non-hydrogen) atoms. The molecule has 2 aromatic rings. The topological polar surface area (TPSA) is 180 Å². The molecule has 0 bridgehead atoms. The smallest absolute Gasteiger partial charge is 0.146 e. The van der Waals surface area contributed by atoms with Crippen LogP contribution in [-0.2, 0) is 4.74 Å². The van der Waals surface area contributed by atoms with Gasteiger partial charge in [0.25, 0.3) is 0 Å². The standard InChI is InChI=1S/C21H22O10/c22-7-14-17(27)18(28)19(29)21(31-14)16-11(25)5-10(24)15-12(26)6-13(30-20(15)16)8-1-3-9(23)4-2-8/h1-6,12,14,17-19,21-29H,7H2/t12-,14-,17-,18+,19?,21+/m1/s1. The predicted molar refractivity (Wildman–Crippen MR) is 104 cm³/mol. The minimum Gasteiger partial charge on any atom is -0.508 e. The molecule has 8 N–H and O–H groups in total. The lowest BCUT2D eigenvalue weighted by Gasteiger charge is -2.41. The van der Waals surface area contributed by atoms with Gasteiger partial charge in [0.1, 0.15) is 65.4 Å². The highest BCUT2D eigenvalue weighted by Crippen LogP contribution is 2.51. The van der Waals surface area contributed by atoms with Crippen molar-refractivity contribution in [2.45, 2.75) is 36.6 Å². The molecule has 0 saturated carbocycles. The zero-order valence-corrected chi connectivity index (χ0v) is 16.0. The van der Waals surface area contributed by atoms with Gasteiger partial charge in [0.15, 0.2) is 0 Å². The lowest BCUT2D eigenvalue weighted by Crippen LogP contribution is -2.55. The molecule has 10 heteroatoms. The molecule has 2 aromatic carbocycles. The fraction of sp³-hybridized carbons (Fsp3) is 0.333. The first-order valence-corrected chi connectivity index (χ1v) is 9.49. The van der Waals surface area contributed by atoms with Crippen LogP contribution in [-0.4, -0.2) is 71.9 Å². The van der Waals surface area contributed by atoms with Crippen molar-refractivity contribution in [1.29, 1.82) is 0 Å². The van der Waals surface area contributed by atoms with E-state index in [0.29, 0.717) is 5.56 Å². The summed E-state index contributed by atoms with van der Waals surface area (Å²) in [6.07, 6.45) is -7.80. The van der Waals surface area contributed by atoms with Gasteiger partial charge in [-0.2, -0.15) is 0 Å². The molecule has 0 aromatic heterocycles. The molecule has 1 unspecified atom stereocenters. The number of aliphatic hydroxyl groups excluding tert-OH is 5. The second kappa shape index (κ2) is 8.00. The summed E-state index contributed by atoms with van der Waals surface area (Å²) in [6.45, 7) is -0.676. The first-order valence-electron chi connectivity index (χ1n) is 9.49. The average molecular weight is 434 g/mol. The monoisotopic (exact) mass is 434 g/mol. The summed E-state index contributed by atoms with van der Waals surface area (Å²) < 4.78 is 11.4. The van der Waals surface area contributed by atoms with E-state index in [-0.39, 0.29) is 28.4 Å². The Balaban J connectivity index is 1.82. The number of phenols is 3. The Labute approximate surface area is 176 Å². The number of phenolic OH excluding ortho intramolecular Hbond substituents is 3. The van der Waals surface area contributed by atoms with Crippen LogP contribution in [0.2, 0.25) is 0 Å².